The van der Waals surface area contributed by atoms with Gasteiger partial charge in [-0.25, -0.2) is 4.39 Å². The lowest BCUT2D eigenvalue weighted by atomic mass is 9.99. The molecule has 1 aliphatic carbocycles. The number of anilines is 1. The Bertz CT molecular complexity index is 280. The minimum atomic E-state index is -0.264. The number of rotatable bonds is 4. The lowest BCUT2D eigenvalue weighted by molar-refractivity contribution is 0.356. The summed E-state index contributed by atoms with van der Waals surface area (Å²) in [6.07, 6.45) is 4.87. The minimum absolute atomic E-state index is 0.00917. The first-order valence-corrected chi connectivity index (χ1v) is 5.77. The molecule has 1 fully saturated rings. The van der Waals surface area contributed by atoms with Gasteiger partial charge >= 0.3 is 0 Å². The van der Waals surface area contributed by atoms with E-state index in [4.69, 9.17) is 0 Å². The van der Waals surface area contributed by atoms with Crippen LogP contribution in [0.2, 0.25) is 0 Å². The van der Waals surface area contributed by atoms with Crippen molar-refractivity contribution in [1.82, 2.24) is 0 Å². The van der Waals surface area contributed by atoms with Crippen LogP contribution in [0.5, 0.6) is 0 Å². The fraction of sp³-hybridized carbons (Fsp3) is 0.538. The third-order valence-corrected chi connectivity index (χ3v) is 3.26. The summed E-state index contributed by atoms with van der Waals surface area (Å²) in [6, 6.07) is 9.94. The van der Waals surface area contributed by atoms with E-state index in [0.29, 0.717) is 5.92 Å². The summed E-state index contributed by atoms with van der Waals surface area (Å²) in [7, 11) is 0. The molecule has 82 valence electrons. The molecule has 1 saturated carbocycles. The first kappa shape index (κ1) is 10.5. The first-order chi connectivity index (χ1) is 7.40. The molecule has 0 aromatic heterocycles. The topological polar surface area (TPSA) is 12.0 Å². The summed E-state index contributed by atoms with van der Waals surface area (Å²) < 4.78 is 12.9. The summed E-state index contributed by atoms with van der Waals surface area (Å²) in [5, 5.41) is 3.30. The van der Waals surface area contributed by atoms with Crippen LogP contribution >= 0.6 is 0 Å². The molecule has 0 radical (unpaired) electrons. The molecule has 0 amide bonds. The number of halogens is 1. The zero-order valence-corrected chi connectivity index (χ0v) is 8.95. The molecule has 0 spiro atoms. The molecule has 15 heavy (non-hydrogen) atoms. The quantitative estimate of drug-likeness (QED) is 0.795. The second kappa shape index (κ2) is 5.15. The van der Waals surface area contributed by atoms with Crippen LogP contribution < -0.4 is 5.32 Å². The Balaban J connectivity index is 1.96. The Kier molecular flexibility index (Phi) is 3.59. The van der Waals surface area contributed by atoms with Crippen LogP contribution in [0.3, 0.4) is 0 Å². The van der Waals surface area contributed by atoms with Crippen molar-refractivity contribution in [1.29, 1.82) is 0 Å². The van der Waals surface area contributed by atoms with Crippen LogP contribution in [-0.4, -0.2) is 12.7 Å². The largest absolute Gasteiger partial charge is 0.379 e. The molecule has 0 bridgehead atoms. The minimum Gasteiger partial charge on any atom is -0.379 e. The van der Waals surface area contributed by atoms with E-state index in [9.17, 15) is 4.39 Å². The summed E-state index contributed by atoms with van der Waals surface area (Å²) >= 11 is 0. The zero-order valence-electron chi connectivity index (χ0n) is 8.95. The predicted molar refractivity (Wildman–Crippen MR) is 61.8 cm³/mol. The SMILES string of the molecule is FCC(Nc1ccccc1)C1CCCC1. The number of benzene rings is 1. The van der Waals surface area contributed by atoms with E-state index in [2.05, 4.69) is 5.32 Å². The van der Waals surface area contributed by atoms with Crippen LogP contribution in [0.1, 0.15) is 25.7 Å². The van der Waals surface area contributed by atoms with Crippen LogP contribution in [0.25, 0.3) is 0 Å². The molecule has 1 atom stereocenters. The highest BCUT2D eigenvalue weighted by molar-refractivity contribution is 5.43. The third kappa shape index (κ3) is 2.71. The molecule has 2 heteroatoms. The third-order valence-electron chi connectivity index (χ3n) is 3.26. The van der Waals surface area contributed by atoms with Crippen molar-refractivity contribution in [2.75, 3.05) is 12.0 Å². The molecule has 0 saturated heterocycles. The monoisotopic (exact) mass is 207 g/mol. The Morgan fingerprint density at radius 2 is 1.87 bits per heavy atom. The van der Waals surface area contributed by atoms with Gasteiger partial charge in [0.15, 0.2) is 0 Å². The average Bonchev–Trinajstić information content (AvgIpc) is 2.81. The van der Waals surface area contributed by atoms with Crippen molar-refractivity contribution in [3.05, 3.63) is 30.3 Å². The van der Waals surface area contributed by atoms with E-state index in [1.807, 2.05) is 30.3 Å². The van der Waals surface area contributed by atoms with Gasteiger partial charge in [-0.05, 0) is 30.9 Å². The van der Waals surface area contributed by atoms with Gasteiger partial charge in [0.2, 0.25) is 0 Å². The highest BCUT2D eigenvalue weighted by Crippen LogP contribution is 2.29. The molecule has 1 unspecified atom stereocenters. The standard InChI is InChI=1S/C13H18FN/c14-10-13(11-6-4-5-7-11)15-12-8-2-1-3-9-12/h1-3,8-9,11,13,15H,4-7,10H2. The van der Waals surface area contributed by atoms with Gasteiger partial charge in [0.1, 0.15) is 6.67 Å². The Hall–Kier alpha value is -1.05. The van der Waals surface area contributed by atoms with Gasteiger partial charge < -0.3 is 5.32 Å². The van der Waals surface area contributed by atoms with Gasteiger partial charge in [0.05, 0.1) is 6.04 Å². The molecule has 1 aromatic carbocycles. The number of nitrogens with one attached hydrogen (secondary N) is 1. The van der Waals surface area contributed by atoms with Crippen molar-refractivity contribution in [3.8, 4) is 0 Å². The van der Waals surface area contributed by atoms with E-state index in [1.54, 1.807) is 0 Å². The van der Waals surface area contributed by atoms with Gasteiger partial charge in [-0.2, -0.15) is 0 Å². The van der Waals surface area contributed by atoms with E-state index in [-0.39, 0.29) is 12.7 Å². The second-order valence-corrected chi connectivity index (χ2v) is 4.32. The Labute approximate surface area is 90.7 Å². The lowest BCUT2D eigenvalue weighted by Gasteiger charge is -2.22. The number of alkyl halides is 1. The van der Waals surface area contributed by atoms with Gasteiger partial charge in [-0.15, -0.1) is 0 Å². The molecule has 1 aromatic rings. The molecule has 2 rings (SSSR count). The number of hydrogen-bond donors (Lipinski definition) is 1. The van der Waals surface area contributed by atoms with Crippen LogP contribution in [0, 0.1) is 5.92 Å². The molecule has 0 aliphatic heterocycles. The number of hydrogen-bond acceptors (Lipinski definition) is 1. The van der Waals surface area contributed by atoms with Crippen molar-refractivity contribution in [2.24, 2.45) is 5.92 Å². The van der Waals surface area contributed by atoms with E-state index in [1.165, 1.54) is 25.7 Å². The summed E-state index contributed by atoms with van der Waals surface area (Å²) in [5.74, 6) is 0.523. The molecular weight excluding hydrogens is 189 g/mol. The predicted octanol–water partition coefficient (Wildman–Crippen LogP) is 3.63. The van der Waals surface area contributed by atoms with Crippen LogP contribution in [0.15, 0.2) is 30.3 Å². The van der Waals surface area contributed by atoms with Crippen LogP contribution in [0.4, 0.5) is 10.1 Å². The maximum atomic E-state index is 12.9. The molecular formula is C13H18FN. The summed E-state index contributed by atoms with van der Waals surface area (Å²) in [5.41, 5.74) is 1.03. The van der Waals surface area contributed by atoms with Crippen molar-refractivity contribution in [3.63, 3.8) is 0 Å². The summed E-state index contributed by atoms with van der Waals surface area (Å²) in [6.45, 7) is -0.264. The van der Waals surface area contributed by atoms with Gasteiger partial charge in [0.25, 0.3) is 0 Å². The Morgan fingerprint density at radius 3 is 2.47 bits per heavy atom. The number of para-hydroxylation sites is 1. The lowest BCUT2D eigenvalue weighted by Crippen LogP contribution is -2.29. The van der Waals surface area contributed by atoms with Crippen molar-refractivity contribution in [2.45, 2.75) is 31.7 Å². The Morgan fingerprint density at radius 1 is 1.20 bits per heavy atom. The van der Waals surface area contributed by atoms with Crippen molar-refractivity contribution >= 4 is 5.69 Å². The first-order valence-electron chi connectivity index (χ1n) is 5.77. The van der Waals surface area contributed by atoms with Gasteiger partial charge in [-0.3, -0.25) is 0 Å². The summed E-state index contributed by atoms with van der Waals surface area (Å²) in [4.78, 5) is 0. The van der Waals surface area contributed by atoms with E-state index in [0.717, 1.165) is 5.69 Å². The molecule has 1 N–H and O–H groups in total. The highest BCUT2D eigenvalue weighted by atomic mass is 19.1. The molecule has 0 heterocycles. The van der Waals surface area contributed by atoms with E-state index < -0.39 is 0 Å². The van der Waals surface area contributed by atoms with Gasteiger partial charge in [0, 0.05) is 5.69 Å². The highest BCUT2D eigenvalue weighted by Gasteiger charge is 2.24. The van der Waals surface area contributed by atoms with Crippen molar-refractivity contribution < 1.29 is 4.39 Å². The molecule has 1 nitrogen and oxygen atoms in total. The maximum Gasteiger partial charge on any atom is 0.110 e. The van der Waals surface area contributed by atoms with E-state index >= 15 is 0 Å². The maximum absolute atomic E-state index is 12.9. The van der Waals surface area contributed by atoms with Crippen LogP contribution in [-0.2, 0) is 0 Å². The fourth-order valence-electron chi connectivity index (χ4n) is 2.39. The molecule has 1 aliphatic rings. The zero-order chi connectivity index (χ0) is 10.5. The average molecular weight is 207 g/mol. The normalized spacial score (nSPS) is 19.0. The smallest absolute Gasteiger partial charge is 0.110 e. The second-order valence-electron chi connectivity index (χ2n) is 4.32. The fourth-order valence-corrected chi connectivity index (χ4v) is 2.39. The van der Waals surface area contributed by atoms with Gasteiger partial charge in [-0.1, -0.05) is 31.0 Å².